The molecule has 8 heteroatoms. The molecule has 0 radical (unpaired) electrons. The summed E-state index contributed by atoms with van der Waals surface area (Å²) in [5, 5.41) is 0.396. The highest BCUT2D eigenvalue weighted by atomic mass is 79.9. The number of halogens is 2. The fourth-order valence-electron chi connectivity index (χ4n) is 2.26. The Morgan fingerprint density at radius 3 is 2.62 bits per heavy atom. The highest BCUT2D eigenvalue weighted by Gasteiger charge is 2.25. The van der Waals surface area contributed by atoms with Gasteiger partial charge in [0.2, 0.25) is 10.0 Å². The molecule has 1 aliphatic heterocycles. The van der Waals surface area contributed by atoms with Crippen LogP contribution < -0.4 is 0 Å². The van der Waals surface area contributed by atoms with E-state index in [2.05, 4.69) is 15.9 Å². The molecule has 0 aliphatic carbocycles. The molecule has 1 amide bonds. The average Bonchev–Trinajstić information content (AvgIpc) is 2.66. The molecule has 0 unspecified atom stereocenters. The van der Waals surface area contributed by atoms with E-state index in [1.54, 1.807) is 23.1 Å². The number of carbonyl (C=O) groups excluding carboxylic acids is 1. The van der Waals surface area contributed by atoms with Crippen molar-refractivity contribution >= 4 is 43.5 Å². The lowest BCUT2D eigenvalue weighted by Gasteiger charge is -2.21. The normalized spacial score (nSPS) is 17.6. The summed E-state index contributed by atoms with van der Waals surface area (Å²) in [6.45, 7) is 1.65. The Hall–Kier alpha value is -0.630. The first kappa shape index (κ1) is 16.7. The van der Waals surface area contributed by atoms with Crippen molar-refractivity contribution in [2.45, 2.75) is 6.42 Å². The molecular formula is C13H16BrClN2O3S. The van der Waals surface area contributed by atoms with Crippen molar-refractivity contribution in [2.75, 3.05) is 32.4 Å². The fraction of sp³-hybridized carbons (Fsp3) is 0.462. The maximum Gasteiger partial charge on any atom is 0.255 e. The molecule has 21 heavy (non-hydrogen) atoms. The molecule has 0 atom stereocenters. The Kier molecular flexibility index (Phi) is 5.29. The smallest absolute Gasteiger partial charge is 0.255 e. The number of hydrogen-bond donors (Lipinski definition) is 0. The van der Waals surface area contributed by atoms with E-state index in [1.807, 2.05) is 0 Å². The lowest BCUT2D eigenvalue weighted by atomic mass is 10.2. The summed E-state index contributed by atoms with van der Waals surface area (Å²) in [4.78, 5) is 14.2. The second-order valence-corrected chi connectivity index (χ2v) is 8.24. The molecule has 2 rings (SSSR count). The lowest BCUT2D eigenvalue weighted by molar-refractivity contribution is 0.0764. The van der Waals surface area contributed by atoms with Crippen LogP contribution in [0.1, 0.15) is 16.8 Å². The largest absolute Gasteiger partial charge is 0.337 e. The minimum atomic E-state index is -3.22. The SMILES string of the molecule is CS(=O)(=O)N1CCCN(C(=O)c2cc(Br)ccc2Cl)CC1. The zero-order valence-electron chi connectivity index (χ0n) is 11.6. The van der Waals surface area contributed by atoms with E-state index in [-0.39, 0.29) is 5.91 Å². The van der Waals surface area contributed by atoms with Crippen LogP contribution in [0, 0.1) is 0 Å². The summed E-state index contributed by atoms with van der Waals surface area (Å²) in [6.07, 6.45) is 1.81. The Morgan fingerprint density at radius 2 is 1.95 bits per heavy atom. The Bertz CT molecular complexity index is 651. The van der Waals surface area contributed by atoms with Crippen molar-refractivity contribution in [3.63, 3.8) is 0 Å². The van der Waals surface area contributed by atoms with Gasteiger partial charge in [-0.15, -0.1) is 0 Å². The van der Waals surface area contributed by atoms with Gasteiger partial charge in [-0.1, -0.05) is 27.5 Å². The van der Waals surface area contributed by atoms with Gasteiger partial charge in [-0.25, -0.2) is 12.7 Å². The quantitative estimate of drug-likeness (QED) is 0.771. The van der Waals surface area contributed by atoms with E-state index >= 15 is 0 Å². The summed E-state index contributed by atoms with van der Waals surface area (Å²) in [7, 11) is -3.22. The summed E-state index contributed by atoms with van der Waals surface area (Å²) < 4.78 is 25.3. The molecule has 1 saturated heterocycles. The average molecular weight is 396 g/mol. The summed E-state index contributed by atoms with van der Waals surface area (Å²) in [5.74, 6) is -0.170. The van der Waals surface area contributed by atoms with Gasteiger partial charge >= 0.3 is 0 Å². The third-order valence-corrected chi connectivity index (χ3v) is 5.50. The van der Waals surface area contributed by atoms with E-state index in [4.69, 9.17) is 11.6 Å². The van der Waals surface area contributed by atoms with Gasteiger partial charge in [0.1, 0.15) is 0 Å². The van der Waals surface area contributed by atoms with Crippen LogP contribution in [0.4, 0.5) is 0 Å². The van der Waals surface area contributed by atoms with Crippen molar-refractivity contribution in [1.82, 2.24) is 9.21 Å². The number of benzene rings is 1. The Morgan fingerprint density at radius 1 is 1.24 bits per heavy atom. The van der Waals surface area contributed by atoms with Gasteiger partial charge < -0.3 is 4.90 Å². The Balaban J connectivity index is 2.15. The van der Waals surface area contributed by atoms with Gasteiger partial charge in [-0.2, -0.15) is 0 Å². The minimum absolute atomic E-state index is 0.170. The first-order chi connectivity index (χ1) is 9.79. The number of hydrogen-bond acceptors (Lipinski definition) is 3. The molecule has 116 valence electrons. The zero-order chi connectivity index (χ0) is 15.6. The molecule has 1 aromatic carbocycles. The zero-order valence-corrected chi connectivity index (χ0v) is 14.7. The first-order valence-corrected chi connectivity index (χ1v) is 9.50. The minimum Gasteiger partial charge on any atom is -0.337 e. The third kappa shape index (κ3) is 4.18. The van der Waals surface area contributed by atoms with Crippen LogP contribution in [0.2, 0.25) is 5.02 Å². The van der Waals surface area contributed by atoms with Crippen LogP contribution >= 0.6 is 27.5 Å². The third-order valence-electron chi connectivity index (χ3n) is 3.37. The van der Waals surface area contributed by atoms with Crippen LogP contribution in [-0.4, -0.2) is 56.0 Å². The van der Waals surface area contributed by atoms with E-state index in [1.165, 1.54) is 10.6 Å². The highest BCUT2D eigenvalue weighted by Crippen LogP contribution is 2.23. The molecule has 1 fully saturated rings. The van der Waals surface area contributed by atoms with E-state index in [0.29, 0.717) is 43.2 Å². The van der Waals surface area contributed by atoms with Crippen LogP contribution in [0.3, 0.4) is 0 Å². The molecule has 1 aromatic rings. The topological polar surface area (TPSA) is 57.7 Å². The van der Waals surface area contributed by atoms with Crippen molar-refractivity contribution in [1.29, 1.82) is 0 Å². The summed E-state index contributed by atoms with van der Waals surface area (Å²) in [6, 6.07) is 5.12. The number of sulfonamides is 1. The second kappa shape index (κ2) is 6.64. The van der Waals surface area contributed by atoms with Gasteiger partial charge in [0.15, 0.2) is 0 Å². The number of amides is 1. The van der Waals surface area contributed by atoms with Gasteiger partial charge in [-0.3, -0.25) is 4.79 Å². The van der Waals surface area contributed by atoms with Crippen molar-refractivity contribution in [3.05, 3.63) is 33.3 Å². The Labute approximate surface area is 138 Å². The molecule has 0 bridgehead atoms. The van der Waals surface area contributed by atoms with Gasteiger partial charge in [0.05, 0.1) is 16.8 Å². The number of nitrogens with zero attached hydrogens (tertiary/aromatic N) is 2. The molecule has 0 aromatic heterocycles. The van der Waals surface area contributed by atoms with Crippen LogP contribution in [0.15, 0.2) is 22.7 Å². The van der Waals surface area contributed by atoms with Crippen molar-refractivity contribution in [2.24, 2.45) is 0 Å². The summed E-state index contributed by atoms with van der Waals surface area (Å²) >= 11 is 9.40. The highest BCUT2D eigenvalue weighted by molar-refractivity contribution is 9.10. The molecule has 0 saturated carbocycles. The maximum atomic E-state index is 12.5. The van der Waals surface area contributed by atoms with Gasteiger partial charge in [0.25, 0.3) is 5.91 Å². The number of carbonyl (C=O) groups is 1. The molecule has 0 N–H and O–H groups in total. The van der Waals surface area contributed by atoms with E-state index in [9.17, 15) is 13.2 Å². The standard InChI is InChI=1S/C13H16BrClN2O3S/c1-21(19,20)17-6-2-5-16(7-8-17)13(18)11-9-10(14)3-4-12(11)15/h3-4,9H,2,5-8H2,1H3. The van der Waals surface area contributed by atoms with Crippen molar-refractivity contribution in [3.8, 4) is 0 Å². The van der Waals surface area contributed by atoms with E-state index in [0.717, 1.165) is 4.47 Å². The van der Waals surface area contributed by atoms with E-state index < -0.39 is 10.0 Å². The molecular weight excluding hydrogens is 380 g/mol. The fourth-order valence-corrected chi connectivity index (χ4v) is 3.69. The lowest BCUT2D eigenvalue weighted by Crippen LogP contribution is -2.37. The molecule has 5 nitrogen and oxygen atoms in total. The van der Waals surface area contributed by atoms with Gasteiger partial charge in [0, 0.05) is 30.7 Å². The maximum absolute atomic E-state index is 12.5. The van der Waals surface area contributed by atoms with Crippen LogP contribution in [-0.2, 0) is 10.0 Å². The monoisotopic (exact) mass is 394 g/mol. The van der Waals surface area contributed by atoms with Crippen LogP contribution in [0.25, 0.3) is 0 Å². The van der Waals surface area contributed by atoms with Gasteiger partial charge in [-0.05, 0) is 24.6 Å². The predicted octanol–water partition coefficient (Wildman–Crippen LogP) is 2.21. The van der Waals surface area contributed by atoms with Crippen molar-refractivity contribution < 1.29 is 13.2 Å². The molecule has 1 heterocycles. The second-order valence-electron chi connectivity index (χ2n) is 4.93. The first-order valence-electron chi connectivity index (χ1n) is 6.48. The molecule has 1 aliphatic rings. The number of rotatable bonds is 2. The molecule has 0 spiro atoms. The van der Waals surface area contributed by atoms with Crippen LogP contribution in [0.5, 0.6) is 0 Å². The summed E-state index contributed by atoms with van der Waals surface area (Å²) in [5.41, 5.74) is 0.429. The predicted molar refractivity (Wildman–Crippen MR) is 86.1 cm³/mol.